The first-order chi connectivity index (χ1) is 5.33. The van der Waals surface area contributed by atoms with Gasteiger partial charge in [0.05, 0.1) is 0 Å². The van der Waals surface area contributed by atoms with Crippen LogP contribution in [0.3, 0.4) is 0 Å². The summed E-state index contributed by atoms with van der Waals surface area (Å²) < 4.78 is 0. The van der Waals surface area contributed by atoms with Gasteiger partial charge < -0.3 is 0 Å². The average Bonchev–Trinajstić information content (AvgIpc) is 1.99. The van der Waals surface area contributed by atoms with Crippen molar-refractivity contribution < 1.29 is 0 Å². The van der Waals surface area contributed by atoms with Crippen molar-refractivity contribution in [3.05, 3.63) is 0 Å². The molecule has 0 aromatic carbocycles. The van der Waals surface area contributed by atoms with E-state index in [1.807, 2.05) is 0 Å². The molecule has 0 rings (SSSR count). The third-order valence-corrected chi connectivity index (χ3v) is 11.0. The summed E-state index contributed by atoms with van der Waals surface area (Å²) in [5.74, 6) is 0. The normalized spacial score (nSPS) is 13.5. The molecule has 6 heteroatoms. The van der Waals surface area contributed by atoms with Crippen LogP contribution in [0.4, 0.5) is 0 Å². The number of rotatable bonds is 5. The minimum atomic E-state index is -2.43. The SMILES string of the molecule is CC[Si](Cl)(CC)CC[Si](Cl)(Cl)Cl. The van der Waals surface area contributed by atoms with Crippen molar-refractivity contribution >= 4 is 57.7 Å². The maximum Gasteiger partial charge on any atom is 0.341 e. The van der Waals surface area contributed by atoms with E-state index < -0.39 is 13.4 Å². The first-order valence-corrected chi connectivity index (χ1v) is 13.0. The average molecular weight is 284 g/mol. The van der Waals surface area contributed by atoms with Crippen molar-refractivity contribution in [2.45, 2.75) is 38.0 Å². The molecule has 0 saturated heterocycles. The predicted molar refractivity (Wildman–Crippen MR) is 65.5 cm³/mol. The molecule has 0 heterocycles. The zero-order chi connectivity index (χ0) is 9.83. The zero-order valence-corrected chi connectivity index (χ0v) is 12.4. The highest BCUT2D eigenvalue weighted by molar-refractivity contribution is 7.64. The molecule has 0 bridgehead atoms. The quantitative estimate of drug-likeness (QED) is 0.499. The molecule has 0 spiro atoms. The smallest absolute Gasteiger partial charge is 0.167 e. The molecule has 12 heavy (non-hydrogen) atoms. The summed E-state index contributed by atoms with van der Waals surface area (Å²) in [6.07, 6.45) is 0. The lowest BCUT2D eigenvalue weighted by Crippen LogP contribution is -2.26. The van der Waals surface area contributed by atoms with E-state index >= 15 is 0 Å². The van der Waals surface area contributed by atoms with Crippen molar-refractivity contribution in [1.82, 2.24) is 0 Å². The Kier molecular flexibility index (Phi) is 6.20. The lowest BCUT2D eigenvalue weighted by atomic mass is 10.9. The van der Waals surface area contributed by atoms with Crippen molar-refractivity contribution in [3.63, 3.8) is 0 Å². The van der Waals surface area contributed by atoms with E-state index in [0.717, 1.165) is 24.2 Å². The van der Waals surface area contributed by atoms with Gasteiger partial charge in [0.25, 0.3) is 0 Å². The molecule has 0 aromatic heterocycles. The van der Waals surface area contributed by atoms with Gasteiger partial charge in [-0.15, -0.1) is 33.2 Å². The number of halogens is 4. The van der Waals surface area contributed by atoms with Gasteiger partial charge in [0.1, 0.15) is 0 Å². The largest absolute Gasteiger partial charge is 0.341 e. The van der Waals surface area contributed by atoms with Crippen molar-refractivity contribution in [3.8, 4) is 0 Å². The van der Waals surface area contributed by atoms with Crippen LogP contribution in [0.25, 0.3) is 0 Å². The summed E-state index contributed by atoms with van der Waals surface area (Å²) in [5.41, 5.74) is 0. The van der Waals surface area contributed by atoms with Gasteiger partial charge in [-0.05, 0) is 24.2 Å². The second-order valence-corrected chi connectivity index (χ2v) is 18.9. The molecule has 0 N–H and O–H groups in total. The van der Waals surface area contributed by atoms with Crippen LogP contribution in [0, 0.1) is 0 Å². The topological polar surface area (TPSA) is 0 Å². The Morgan fingerprint density at radius 1 is 0.833 bits per heavy atom. The third kappa shape index (κ3) is 6.11. The highest BCUT2D eigenvalue weighted by atomic mass is 35.8. The van der Waals surface area contributed by atoms with E-state index in [-0.39, 0.29) is 0 Å². The molecule has 0 nitrogen and oxygen atoms in total. The molecule has 0 fully saturated rings. The summed E-state index contributed by atoms with van der Waals surface area (Å²) in [6, 6.07) is 1.37. The summed E-state index contributed by atoms with van der Waals surface area (Å²) in [5, 5.41) is 0. The van der Waals surface area contributed by atoms with Crippen LogP contribution in [0.1, 0.15) is 13.8 Å². The fourth-order valence-corrected chi connectivity index (χ4v) is 8.50. The van der Waals surface area contributed by atoms with Crippen LogP contribution >= 0.6 is 44.3 Å². The molecule has 0 aromatic rings. The highest BCUT2D eigenvalue weighted by Gasteiger charge is 2.32. The predicted octanol–water partition coefficient (Wildman–Crippen LogP) is 4.87. The minimum Gasteiger partial charge on any atom is -0.167 e. The van der Waals surface area contributed by atoms with Crippen molar-refractivity contribution in [2.24, 2.45) is 0 Å². The van der Waals surface area contributed by atoms with Gasteiger partial charge in [0, 0.05) is 0 Å². The Labute approximate surface area is 95.4 Å². The Hall–Kier alpha value is 1.59. The van der Waals surface area contributed by atoms with Gasteiger partial charge in [0.2, 0.25) is 0 Å². The minimum absolute atomic E-state index is 0.717. The van der Waals surface area contributed by atoms with Gasteiger partial charge in [-0.25, -0.2) is 0 Å². The van der Waals surface area contributed by atoms with Crippen LogP contribution in [0.15, 0.2) is 0 Å². The first kappa shape index (κ1) is 13.6. The Morgan fingerprint density at radius 2 is 1.25 bits per heavy atom. The molecular weight excluding hydrogens is 270 g/mol. The Morgan fingerprint density at radius 3 is 1.50 bits per heavy atom. The van der Waals surface area contributed by atoms with E-state index in [9.17, 15) is 0 Å². The fraction of sp³-hybridized carbons (Fsp3) is 1.00. The van der Waals surface area contributed by atoms with E-state index in [4.69, 9.17) is 44.3 Å². The van der Waals surface area contributed by atoms with Gasteiger partial charge in [-0.1, -0.05) is 13.8 Å². The summed E-state index contributed by atoms with van der Waals surface area (Å²) in [4.78, 5) is 0. The third-order valence-electron chi connectivity index (χ3n) is 2.12. The molecule has 0 amide bonds. The van der Waals surface area contributed by atoms with Gasteiger partial charge in [-0.2, -0.15) is 11.1 Å². The number of hydrogen-bond acceptors (Lipinski definition) is 0. The molecule has 0 saturated carbocycles. The second-order valence-electron chi connectivity index (χ2n) is 2.97. The first-order valence-electron chi connectivity index (χ1n) is 4.08. The van der Waals surface area contributed by atoms with E-state index in [1.54, 1.807) is 0 Å². The van der Waals surface area contributed by atoms with E-state index in [2.05, 4.69) is 13.8 Å². The highest BCUT2D eigenvalue weighted by Crippen LogP contribution is 2.34. The van der Waals surface area contributed by atoms with Gasteiger partial charge >= 0.3 is 6.00 Å². The molecule has 0 aliphatic carbocycles. The number of hydrogen-bond donors (Lipinski definition) is 0. The summed E-state index contributed by atoms with van der Waals surface area (Å²) >= 11 is 23.8. The molecule has 0 radical (unpaired) electrons. The maximum absolute atomic E-state index is 6.40. The van der Waals surface area contributed by atoms with Gasteiger partial charge in [0.15, 0.2) is 7.38 Å². The zero-order valence-electron chi connectivity index (χ0n) is 7.34. The molecular formula is C6H14Cl4Si2. The summed E-state index contributed by atoms with van der Waals surface area (Å²) in [6.45, 7) is 4.26. The van der Waals surface area contributed by atoms with Gasteiger partial charge in [-0.3, -0.25) is 0 Å². The molecule has 0 aliphatic heterocycles. The van der Waals surface area contributed by atoms with Crippen LogP contribution in [-0.2, 0) is 0 Å². The van der Waals surface area contributed by atoms with Crippen LogP contribution in [0.5, 0.6) is 0 Å². The Balaban J connectivity index is 3.89. The molecule has 0 unspecified atom stereocenters. The molecule has 0 aliphatic rings. The summed E-state index contributed by atoms with van der Waals surface area (Å²) in [7, 11) is -1.55. The van der Waals surface area contributed by atoms with Crippen LogP contribution < -0.4 is 0 Å². The monoisotopic (exact) mass is 282 g/mol. The Bertz CT molecular complexity index is 130. The van der Waals surface area contributed by atoms with E-state index in [1.165, 1.54) is 0 Å². The lowest BCUT2D eigenvalue weighted by molar-refractivity contribution is 1.21. The maximum atomic E-state index is 6.40. The standard InChI is InChI=1S/C6H14Cl4Si2/c1-3-11(7,4-2)5-6-12(8,9)10/h3-6H2,1-2H3. The van der Waals surface area contributed by atoms with Crippen molar-refractivity contribution in [2.75, 3.05) is 0 Å². The lowest BCUT2D eigenvalue weighted by Gasteiger charge is -2.21. The second kappa shape index (κ2) is 5.47. The van der Waals surface area contributed by atoms with Crippen LogP contribution in [-0.4, -0.2) is 13.4 Å². The molecule has 0 atom stereocenters. The van der Waals surface area contributed by atoms with E-state index in [0.29, 0.717) is 0 Å². The fourth-order valence-electron chi connectivity index (χ4n) is 0.969. The molecule has 74 valence electrons. The van der Waals surface area contributed by atoms with Crippen molar-refractivity contribution in [1.29, 1.82) is 0 Å². The van der Waals surface area contributed by atoms with Crippen LogP contribution in [0.2, 0.25) is 24.2 Å².